The highest BCUT2D eigenvalue weighted by atomic mass is 32.2. The molecule has 19 heavy (non-hydrogen) atoms. The third-order valence-corrected chi connectivity index (χ3v) is 5.85. The number of hydrogen-bond donors (Lipinski definition) is 3. The molecule has 7 heteroatoms. The number of nitrogens with one attached hydrogen (secondary N) is 3. The summed E-state index contributed by atoms with van der Waals surface area (Å²) in [5.41, 5.74) is 2.66. The van der Waals surface area contributed by atoms with E-state index in [9.17, 15) is 4.79 Å². The number of fused-ring (bicyclic) bond motifs is 1. The number of carbonyl (C=O) groups excluding carboxylic acids is 1. The number of H-pyrrole nitrogens is 2. The van der Waals surface area contributed by atoms with E-state index >= 15 is 0 Å². The van der Waals surface area contributed by atoms with Crippen molar-refractivity contribution in [3.05, 3.63) is 23.0 Å². The summed E-state index contributed by atoms with van der Waals surface area (Å²) in [6.07, 6.45) is 0. The summed E-state index contributed by atoms with van der Waals surface area (Å²) in [6.45, 7) is 0. The lowest BCUT2D eigenvalue weighted by Crippen LogP contribution is -2.30. The molecule has 3 N–H and O–H groups in total. The largest absolute Gasteiger partial charge is 0.331 e. The number of aromatic nitrogens is 2. The molecular formula is C12H13N3OS3. The first kappa shape index (κ1) is 13.1. The lowest BCUT2D eigenvalue weighted by atomic mass is 10.2. The molecule has 0 bridgehead atoms. The van der Waals surface area contributed by atoms with Crippen LogP contribution >= 0.6 is 35.7 Å². The number of amides is 1. The number of rotatable bonds is 2. The van der Waals surface area contributed by atoms with Crippen LogP contribution < -0.4 is 5.32 Å². The Bertz CT molecular complexity index is 658. The van der Waals surface area contributed by atoms with Crippen LogP contribution in [0.3, 0.4) is 0 Å². The van der Waals surface area contributed by atoms with E-state index in [0.717, 1.165) is 34.0 Å². The van der Waals surface area contributed by atoms with Gasteiger partial charge < -0.3 is 15.3 Å². The van der Waals surface area contributed by atoms with Gasteiger partial charge >= 0.3 is 0 Å². The van der Waals surface area contributed by atoms with Gasteiger partial charge in [-0.3, -0.25) is 4.79 Å². The fourth-order valence-corrected chi connectivity index (χ4v) is 4.75. The lowest BCUT2D eigenvalue weighted by Gasteiger charge is -2.20. The molecule has 3 rings (SSSR count). The molecule has 1 amide bonds. The first-order valence-corrected chi connectivity index (χ1v) is 8.56. The highest BCUT2D eigenvalue weighted by molar-refractivity contribution is 8.07. The minimum absolute atomic E-state index is 0.0548. The fourth-order valence-electron chi connectivity index (χ4n) is 1.97. The molecule has 100 valence electrons. The predicted octanol–water partition coefficient (Wildman–Crippen LogP) is 3.01. The number of anilines is 1. The van der Waals surface area contributed by atoms with Crippen LogP contribution in [0.2, 0.25) is 0 Å². The van der Waals surface area contributed by atoms with Crippen LogP contribution in [0, 0.1) is 4.77 Å². The van der Waals surface area contributed by atoms with Crippen LogP contribution in [-0.2, 0) is 4.79 Å². The normalized spacial score (nSPS) is 19.5. The number of hydrogen-bond acceptors (Lipinski definition) is 4. The highest BCUT2D eigenvalue weighted by Gasteiger charge is 2.22. The van der Waals surface area contributed by atoms with Crippen LogP contribution in [0.1, 0.15) is 0 Å². The first-order chi connectivity index (χ1) is 9.22. The average Bonchev–Trinajstić information content (AvgIpc) is 2.79. The van der Waals surface area contributed by atoms with Gasteiger partial charge in [-0.05, 0) is 30.4 Å². The van der Waals surface area contributed by atoms with Gasteiger partial charge in [0.25, 0.3) is 0 Å². The summed E-state index contributed by atoms with van der Waals surface area (Å²) in [7, 11) is 0. The van der Waals surface area contributed by atoms with E-state index in [-0.39, 0.29) is 11.2 Å². The minimum Gasteiger partial charge on any atom is -0.331 e. The van der Waals surface area contributed by atoms with Gasteiger partial charge in [-0.15, -0.1) is 11.8 Å². The molecule has 4 nitrogen and oxygen atoms in total. The summed E-state index contributed by atoms with van der Waals surface area (Å²) in [4.78, 5) is 18.2. The van der Waals surface area contributed by atoms with E-state index in [2.05, 4.69) is 15.3 Å². The van der Waals surface area contributed by atoms with Crippen molar-refractivity contribution in [2.45, 2.75) is 5.25 Å². The van der Waals surface area contributed by atoms with Gasteiger partial charge in [0.05, 0.1) is 16.3 Å². The SMILES string of the molecule is O=C(Nc1ccc2[nH]c(=S)[nH]c2c1)C1CSCCS1. The van der Waals surface area contributed by atoms with Crippen molar-refractivity contribution in [1.29, 1.82) is 0 Å². The standard InChI is InChI=1S/C12H13N3OS3/c16-11(10-6-18-3-4-19-10)13-7-1-2-8-9(5-7)15-12(17)14-8/h1-2,5,10H,3-4,6H2,(H,13,16)(H2,14,15,17). The maximum absolute atomic E-state index is 12.1. The zero-order valence-electron chi connectivity index (χ0n) is 10.1. The summed E-state index contributed by atoms with van der Waals surface area (Å²) in [6, 6.07) is 5.71. The maximum atomic E-state index is 12.1. The van der Waals surface area contributed by atoms with Crippen molar-refractivity contribution in [1.82, 2.24) is 9.97 Å². The number of thioether (sulfide) groups is 2. The second-order valence-corrected chi connectivity index (χ2v) is 7.13. The Morgan fingerprint density at radius 1 is 1.32 bits per heavy atom. The average molecular weight is 311 g/mol. The van der Waals surface area contributed by atoms with Crippen molar-refractivity contribution in [3.8, 4) is 0 Å². The smallest absolute Gasteiger partial charge is 0.238 e. The van der Waals surface area contributed by atoms with E-state index in [4.69, 9.17) is 12.2 Å². The third kappa shape index (κ3) is 2.98. The summed E-state index contributed by atoms with van der Waals surface area (Å²) in [5, 5.41) is 3.03. The van der Waals surface area contributed by atoms with Gasteiger partial charge in [0, 0.05) is 22.9 Å². The zero-order valence-corrected chi connectivity index (χ0v) is 12.5. The quantitative estimate of drug-likeness (QED) is 0.746. The summed E-state index contributed by atoms with van der Waals surface area (Å²) < 4.78 is 0.595. The molecule has 1 aliphatic rings. The molecule has 2 aromatic rings. The zero-order chi connectivity index (χ0) is 13.2. The monoisotopic (exact) mass is 311 g/mol. The van der Waals surface area contributed by atoms with Crippen LogP contribution in [0.4, 0.5) is 5.69 Å². The van der Waals surface area contributed by atoms with E-state index in [0.29, 0.717) is 4.77 Å². The third-order valence-electron chi connectivity index (χ3n) is 2.89. The van der Waals surface area contributed by atoms with Gasteiger partial charge in [0.1, 0.15) is 0 Å². The number of imidazole rings is 1. The summed E-state index contributed by atoms with van der Waals surface area (Å²) >= 11 is 8.62. The van der Waals surface area contributed by atoms with Crippen LogP contribution in [0.15, 0.2) is 18.2 Å². The minimum atomic E-state index is 0.0548. The lowest BCUT2D eigenvalue weighted by molar-refractivity contribution is -0.115. The van der Waals surface area contributed by atoms with Crippen molar-refractivity contribution in [3.63, 3.8) is 0 Å². The molecule has 1 fully saturated rings. The molecule has 0 radical (unpaired) electrons. The molecule has 1 aromatic heterocycles. The number of benzene rings is 1. The Balaban J connectivity index is 1.76. The van der Waals surface area contributed by atoms with Crippen molar-refractivity contribution in [2.24, 2.45) is 0 Å². The second-order valence-electron chi connectivity index (χ2n) is 4.26. The molecule has 1 unspecified atom stereocenters. The Labute approximate surface area is 124 Å². The van der Waals surface area contributed by atoms with E-state index in [1.807, 2.05) is 30.0 Å². The van der Waals surface area contributed by atoms with Gasteiger partial charge in [-0.2, -0.15) is 11.8 Å². The Kier molecular flexibility index (Phi) is 3.86. The van der Waals surface area contributed by atoms with Crippen molar-refractivity contribution in [2.75, 3.05) is 22.6 Å². The number of carbonyl (C=O) groups is 1. The fraction of sp³-hybridized carbons (Fsp3) is 0.333. The highest BCUT2D eigenvalue weighted by Crippen LogP contribution is 2.25. The van der Waals surface area contributed by atoms with E-state index in [1.54, 1.807) is 11.8 Å². The molecule has 1 aliphatic heterocycles. The van der Waals surface area contributed by atoms with Gasteiger partial charge in [-0.1, -0.05) is 0 Å². The van der Waals surface area contributed by atoms with Gasteiger partial charge in [0.15, 0.2) is 4.77 Å². The molecule has 0 spiro atoms. The van der Waals surface area contributed by atoms with Gasteiger partial charge in [-0.25, -0.2) is 0 Å². The molecule has 0 aliphatic carbocycles. The Morgan fingerprint density at radius 3 is 2.95 bits per heavy atom. The number of aromatic amines is 2. The van der Waals surface area contributed by atoms with E-state index < -0.39 is 0 Å². The van der Waals surface area contributed by atoms with Crippen molar-refractivity contribution >= 4 is 58.4 Å². The molecule has 2 heterocycles. The second kappa shape index (κ2) is 5.60. The topological polar surface area (TPSA) is 60.7 Å². The predicted molar refractivity (Wildman–Crippen MR) is 85.7 cm³/mol. The van der Waals surface area contributed by atoms with Crippen LogP contribution in [-0.4, -0.2) is 38.4 Å². The molecule has 1 aromatic carbocycles. The molecular weight excluding hydrogens is 298 g/mol. The summed E-state index contributed by atoms with van der Waals surface area (Å²) in [5.74, 6) is 3.17. The van der Waals surface area contributed by atoms with Crippen LogP contribution in [0.5, 0.6) is 0 Å². The Hall–Kier alpha value is -0.920. The maximum Gasteiger partial charge on any atom is 0.238 e. The van der Waals surface area contributed by atoms with Crippen LogP contribution in [0.25, 0.3) is 11.0 Å². The first-order valence-electron chi connectivity index (χ1n) is 5.94. The molecule has 1 saturated heterocycles. The molecule has 0 saturated carbocycles. The van der Waals surface area contributed by atoms with Crippen molar-refractivity contribution < 1.29 is 4.79 Å². The van der Waals surface area contributed by atoms with Gasteiger partial charge in [0.2, 0.25) is 5.91 Å². The van der Waals surface area contributed by atoms with E-state index in [1.165, 1.54) is 0 Å². The molecule has 1 atom stereocenters. The Morgan fingerprint density at radius 2 is 2.16 bits per heavy atom.